The van der Waals surface area contributed by atoms with Crippen molar-refractivity contribution in [2.45, 2.75) is 69.6 Å². The van der Waals surface area contributed by atoms with E-state index in [0.29, 0.717) is 0 Å². The third-order valence-electron chi connectivity index (χ3n) is 8.26. The van der Waals surface area contributed by atoms with E-state index in [9.17, 15) is 43.8 Å². The first-order valence-corrected chi connectivity index (χ1v) is 16.1. The number of ketones is 1. The van der Waals surface area contributed by atoms with Crippen LogP contribution in [0.3, 0.4) is 0 Å². The Hall–Kier alpha value is -6.43. The highest BCUT2D eigenvalue weighted by atomic mass is 16.8. The lowest BCUT2D eigenvalue weighted by Gasteiger charge is -2.51. The van der Waals surface area contributed by atoms with Gasteiger partial charge in [0.2, 0.25) is 5.79 Å². The van der Waals surface area contributed by atoms with Gasteiger partial charge in [0.25, 0.3) is 11.6 Å². The molecule has 5 aliphatic rings. The van der Waals surface area contributed by atoms with Crippen LogP contribution in [-0.2, 0) is 76.2 Å². The van der Waals surface area contributed by atoms with Crippen molar-refractivity contribution >= 4 is 41.6 Å². The SMILES string of the molecule is COCC1(C)OC(=O)C(=C/C=C/C=C/C2=C([O-])OC3(CCCC4(C3)OC(=O)C(=C/C=C/C=C/C3=C([O-])OC(C)(C(C)=O)OC3=O)C(=O)O4)OC2=O)C(=O)O1. The van der Waals surface area contributed by atoms with Crippen LogP contribution >= 0.6 is 0 Å². The largest absolute Gasteiger partial charge is 0.574 e. The van der Waals surface area contributed by atoms with Gasteiger partial charge in [-0.3, -0.25) is 4.79 Å². The number of Topliss-reactive ketones (excluding diaryl/α,β-unsaturated/α-hetero) is 1. The highest BCUT2D eigenvalue weighted by Gasteiger charge is 2.55. The first-order valence-electron chi connectivity index (χ1n) is 16.1. The maximum Gasteiger partial charge on any atom is 0.348 e. The molecule has 0 aromatic carbocycles. The molecule has 4 heterocycles. The molecule has 4 aliphatic heterocycles. The zero-order chi connectivity index (χ0) is 39.5. The molecule has 1 aliphatic carbocycles. The van der Waals surface area contributed by atoms with Crippen molar-refractivity contribution in [2.24, 2.45) is 0 Å². The van der Waals surface area contributed by atoms with Crippen LogP contribution < -0.4 is 10.2 Å². The van der Waals surface area contributed by atoms with E-state index in [0.717, 1.165) is 38.2 Å². The summed E-state index contributed by atoms with van der Waals surface area (Å²) >= 11 is 0. The Labute approximate surface area is 306 Å². The number of ether oxygens (including phenoxy) is 9. The summed E-state index contributed by atoms with van der Waals surface area (Å²) in [6, 6.07) is 0. The zero-order valence-electron chi connectivity index (χ0n) is 29.2. The molecule has 0 aromatic heterocycles. The second-order valence-corrected chi connectivity index (χ2v) is 12.5. The molecule has 0 amide bonds. The van der Waals surface area contributed by atoms with Crippen LogP contribution in [0.4, 0.5) is 0 Å². The molecule has 54 heavy (non-hydrogen) atoms. The Balaban J connectivity index is 1.20. The fraction of sp³-hybridized carbons (Fsp3) is 0.361. The monoisotopic (exact) mass is 752 g/mol. The molecule has 0 aromatic rings. The van der Waals surface area contributed by atoms with Crippen LogP contribution in [0.2, 0.25) is 0 Å². The van der Waals surface area contributed by atoms with Gasteiger partial charge in [0.1, 0.15) is 17.8 Å². The van der Waals surface area contributed by atoms with Crippen molar-refractivity contribution in [3.63, 3.8) is 0 Å². The van der Waals surface area contributed by atoms with E-state index in [1.54, 1.807) is 0 Å². The van der Waals surface area contributed by atoms with Crippen LogP contribution in [-0.4, -0.2) is 78.5 Å². The molecule has 2 unspecified atom stereocenters. The van der Waals surface area contributed by atoms with E-state index >= 15 is 0 Å². The summed E-state index contributed by atoms with van der Waals surface area (Å²) in [7, 11) is 1.34. The summed E-state index contributed by atoms with van der Waals surface area (Å²) in [5, 5.41) is 25.1. The molecule has 2 atom stereocenters. The minimum Gasteiger partial charge on any atom is -0.574 e. The fourth-order valence-electron chi connectivity index (χ4n) is 5.59. The van der Waals surface area contributed by atoms with E-state index in [1.807, 2.05) is 0 Å². The zero-order valence-corrected chi connectivity index (χ0v) is 29.2. The van der Waals surface area contributed by atoms with Crippen molar-refractivity contribution in [3.05, 3.63) is 94.9 Å². The summed E-state index contributed by atoms with van der Waals surface area (Å²) in [5.74, 6) is -16.5. The van der Waals surface area contributed by atoms with Gasteiger partial charge in [-0.25, -0.2) is 28.8 Å². The highest BCUT2D eigenvalue weighted by Crippen LogP contribution is 2.46. The molecule has 0 bridgehead atoms. The van der Waals surface area contributed by atoms with Gasteiger partial charge in [0.15, 0.2) is 11.6 Å². The Morgan fingerprint density at radius 2 is 1.07 bits per heavy atom. The van der Waals surface area contributed by atoms with Crippen LogP contribution in [0.5, 0.6) is 0 Å². The van der Waals surface area contributed by atoms with Crippen molar-refractivity contribution in [1.29, 1.82) is 0 Å². The summed E-state index contributed by atoms with van der Waals surface area (Å²) in [6.45, 7) is 3.40. The predicted octanol–water partition coefficient (Wildman–Crippen LogP) is 0.189. The standard InChI is InChI=1S/C36H34O18/c1-20(37)34(3)49-27(40)22(28(41)50-34)13-8-6-10-15-24-31(44)53-36(54-32(24)45)17-11-16-35(18-36)51-29(42)23(30(43)52-35)14-9-5-7-12-21-25(38)47-33(2,19-46-4)48-26(21)39/h5-10,12-15,40,42H,11,16-19H2,1-4H3/p-2/b7-5+,10-6+,13-8+,14-9+,21-12?,24-15?. The average molecular weight is 753 g/mol. The fourth-order valence-corrected chi connectivity index (χ4v) is 5.59. The second-order valence-electron chi connectivity index (χ2n) is 12.5. The van der Waals surface area contributed by atoms with Gasteiger partial charge in [-0.15, -0.1) is 0 Å². The lowest BCUT2D eigenvalue weighted by atomic mass is 9.87. The molecule has 3 fully saturated rings. The Morgan fingerprint density at radius 1 is 0.630 bits per heavy atom. The molecule has 5 rings (SSSR count). The van der Waals surface area contributed by atoms with Gasteiger partial charge in [0.05, 0.1) is 29.5 Å². The van der Waals surface area contributed by atoms with E-state index < -0.39 is 105 Å². The van der Waals surface area contributed by atoms with Gasteiger partial charge in [0, 0.05) is 20.5 Å². The van der Waals surface area contributed by atoms with Crippen molar-refractivity contribution < 1.29 is 86.4 Å². The number of hydrogen-bond acceptors (Lipinski definition) is 18. The number of allylic oxidation sites excluding steroid dienone is 8. The summed E-state index contributed by atoms with van der Waals surface area (Å²) in [5.41, 5.74) is -1.93. The minimum atomic E-state index is -2.04. The lowest BCUT2D eigenvalue weighted by molar-refractivity contribution is -0.410. The maximum atomic E-state index is 12.9. The number of rotatable bonds is 9. The van der Waals surface area contributed by atoms with Crippen LogP contribution in [0, 0.1) is 0 Å². The smallest absolute Gasteiger partial charge is 0.348 e. The lowest BCUT2D eigenvalue weighted by Crippen LogP contribution is -2.57. The number of hydrogen-bond donors (Lipinski definition) is 0. The maximum absolute atomic E-state index is 12.9. The Kier molecular flexibility index (Phi) is 10.7. The summed E-state index contributed by atoms with van der Waals surface area (Å²) < 4.78 is 46.8. The first-order chi connectivity index (χ1) is 25.4. The molecule has 2 saturated heterocycles. The third-order valence-corrected chi connectivity index (χ3v) is 8.26. The molecule has 18 nitrogen and oxygen atoms in total. The molecule has 0 N–H and O–H groups in total. The van der Waals surface area contributed by atoms with Gasteiger partial charge in [-0.05, 0) is 51.0 Å². The molecule has 2 spiro atoms. The van der Waals surface area contributed by atoms with Crippen LogP contribution in [0.1, 0.15) is 46.5 Å². The second kappa shape index (κ2) is 14.9. The topological polar surface area (TPSA) is 249 Å². The van der Waals surface area contributed by atoms with Crippen molar-refractivity contribution in [2.75, 3.05) is 13.7 Å². The molecule has 1 saturated carbocycles. The number of cyclic esters (lactones) is 3. The van der Waals surface area contributed by atoms with E-state index in [-0.39, 0.29) is 25.9 Å². The van der Waals surface area contributed by atoms with Crippen molar-refractivity contribution in [1.82, 2.24) is 0 Å². The van der Waals surface area contributed by atoms with Crippen molar-refractivity contribution in [3.8, 4) is 0 Å². The summed E-state index contributed by atoms with van der Waals surface area (Å²) in [4.78, 5) is 87.0. The number of carbonyl (C=O) groups excluding carboxylic acids is 7. The Bertz CT molecular complexity index is 1900. The molecular weight excluding hydrogens is 720 g/mol. The third kappa shape index (κ3) is 8.12. The summed E-state index contributed by atoms with van der Waals surface area (Å²) in [6.07, 6.45) is 11.4. The highest BCUT2D eigenvalue weighted by molar-refractivity contribution is 6.16. The number of carbonyl (C=O) groups is 7. The number of methoxy groups -OCH3 is 1. The van der Waals surface area contributed by atoms with E-state index in [2.05, 4.69) is 0 Å². The quantitative estimate of drug-likeness (QED) is 0.100. The van der Waals surface area contributed by atoms with Gasteiger partial charge in [-0.1, -0.05) is 36.5 Å². The first kappa shape index (κ1) is 38.8. The van der Waals surface area contributed by atoms with Gasteiger partial charge < -0.3 is 52.8 Å². The van der Waals surface area contributed by atoms with Crippen LogP contribution in [0.25, 0.3) is 0 Å². The van der Waals surface area contributed by atoms with Gasteiger partial charge in [-0.2, -0.15) is 0 Å². The normalized spacial score (nSPS) is 30.4. The Morgan fingerprint density at radius 3 is 1.54 bits per heavy atom. The molecule has 0 radical (unpaired) electrons. The average Bonchev–Trinajstić information content (AvgIpc) is 3.04. The molecule has 286 valence electrons. The van der Waals surface area contributed by atoms with Gasteiger partial charge >= 0.3 is 35.8 Å². The minimum absolute atomic E-state index is 0.00412. The van der Waals surface area contributed by atoms with E-state index in [4.69, 9.17) is 42.6 Å². The van der Waals surface area contributed by atoms with E-state index in [1.165, 1.54) is 50.5 Å². The molecular formula is C36H32O18-2. The number of esters is 6. The predicted molar refractivity (Wildman–Crippen MR) is 169 cm³/mol. The molecule has 18 heteroatoms. The van der Waals surface area contributed by atoms with Crippen LogP contribution in [0.15, 0.2) is 94.9 Å².